The van der Waals surface area contributed by atoms with Crippen molar-refractivity contribution >= 4 is 5.69 Å². The molecule has 2 N–H and O–H groups in total. The quantitative estimate of drug-likeness (QED) is 0.669. The van der Waals surface area contributed by atoms with E-state index in [1.54, 1.807) is 12.3 Å². The fourth-order valence-electron chi connectivity index (χ4n) is 1.34. The molecule has 0 unspecified atom stereocenters. The predicted molar refractivity (Wildman–Crippen MR) is 65.8 cm³/mol. The molecule has 90 valence electrons. The Hall–Kier alpha value is -1.36. The third-order valence-electron chi connectivity index (χ3n) is 2.30. The van der Waals surface area contributed by atoms with Gasteiger partial charge in [-0.05, 0) is 13.5 Å². The molecule has 0 radical (unpaired) electrons. The molecular weight excluding hydrogens is 204 g/mol. The van der Waals surface area contributed by atoms with Gasteiger partial charge in [0.05, 0.1) is 11.9 Å². The minimum Gasteiger partial charge on any atom is -0.382 e. The Morgan fingerprint density at radius 3 is 2.88 bits per heavy atom. The summed E-state index contributed by atoms with van der Waals surface area (Å²) in [6, 6.07) is 1.60. The van der Waals surface area contributed by atoms with Crippen LogP contribution in [0.15, 0.2) is 17.1 Å². The van der Waals surface area contributed by atoms with Crippen molar-refractivity contribution < 1.29 is 0 Å². The molecular formula is C11H20N4O. The average Bonchev–Trinajstić information content (AvgIpc) is 2.28. The van der Waals surface area contributed by atoms with Gasteiger partial charge in [-0.25, -0.2) is 4.68 Å². The monoisotopic (exact) mass is 224 g/mol. The van der Waals surface area contributed by atoms with E-state index >= 15 is 0 Å². The first kappa shape index (κ1) is 12.7. The standard InChI is InChI=1S/C11H20N4O/c1-3-4-7-15-11(16)8-10(9-14-15)13-6-5-12-2/h8-9,12-13H,3-7H2,1-2H3. The highest BCUT2D eigenvalue weighted by molar-refractivity contribution is 5.38. The van der Waals surface area contributed by atoms with Crippen LogP contribution in [-0.2, 0) is 6.54 Å². The summed E-state index contributed by atoms with van der Waals surface area (Å²) in [6.07, 6.45) is 3.75. The fraction of sp³-hybridized carbons (Fsp3) is 0.636. The van der Waals surface area contributed by atoms with Crippen LogP contribution in [0.3, 0.4) is 0 Å². The maximum absolute atomic E-state index is 11.6. The van der Waals surface area contributed by atoms with E-state index in [1.165, 1.54) is 4.68 Å². The molecule has 1 aromatic heterocycles. The molecule has 1 aromatic rings. The average molecular weight is 224 g/mol. The van der Waals surface area contributed by atoms with Gasteiger partial charge in [-0.15, -0.1) is 0 Å². The first-order chi connectivity index (χ1) is 7.77. The molecule has 16 heavy (non-hydrogen) atoms. The van der Waals surface area contributed by atoms with Gasteiger partial charge in [-0.1, -0.05) is 13.3 Å². The van der Waals surface area contributed by atoms with Gasteiger partial charge in [-0.3, -0.25) is 4.79 Å². The molecule has 0 atom stereocenters. The van der Waals surface area contributed by atoms with Gasteiger partial charge in [-0.2, -0.15) is 5.10 Å². The van der Waals surface area contributed by atoms with Crippen LogP contribution in [0.5, 0.6) is 0 Å². The SMILES string of the molecule is CCCCn1ncc(NCCNC)cc1=O. The van der Waals surface area contributed by atoms with Crippen molar-refractivity contribution in [2.75, 3.05) is 25.5 Å². The Morgan fingerprint density at radius 1 is 1.44 bits per heavy atom. The van der Waals surface area contributed by atoms with Gasteiger partial charge in [0.15, 0.2) is 0 Å². The molecule has 0 saturated heterocycles. The van der Waals surface area contributed by atoms with E-state index in [0.717, 1.165) is 31.6 Å². The number of hydrogen-bond donors (Lipinski definition) is 2. The zero-order chi connectivity index (χ0) is 11.8. The summed E-state index contributed by atoms with van der Waals surface area (Å²) in [5, 5.41) is 10.3. The van der Waals surface area contributed by atoms with Gasteiger partial charge >= 0.3 is 0 Å². The van der Waals surface area contributed by atoms with Gasteiger partial charge in [0.25, 0.3) is 5.56 Å². The minimum atomic E-state index is -0.0390. The smallest absolute Gasteiger partial charge is 0.268 e. The van der Waals surface area contributed by atoms with Crippen molar-refractivity contribution in [1.82, 2.24) is 15.1 Å². The van der Waals surface area contributed by atoms with E-state index in [1.807, 2.05) is 7.05 Å². The summed E-state index contributed by atoms with van der Waals surface area (Å²) in [7, 11) is 1.89. The Morgan fingerprint density at radius 2 is 2.25 bits per heavy atom. The lowest BCUT2D eigenvalue weighted by molar-refractivity contribution is 0.543. The molecule has 0 aromatic carbocycles. The molecule has 0 bridgehead atoms. The maximum Gasteiger partial charge on any atom is 0.268 e. The first-order valence-corrected chi connectivity index (χ1v) is 5.73. The number of likely N-dealkylation sites (N-methyl/N-ethyl adjacent to an activating group) is 1. The Balaban J connectivity index is 2.56. The first-order valence-electron chi connectivity index (χ1n) is 5.73. The minimum absolute atomic E-state index is 0.0390. The van der Waals surface area contributed by atoms with E-state index in [4.69, 9.17) is 0 Å². The summed E-state index contributed by atoms with van der Waals surface area (Å²) in [5.74, 6) is 0. The lowest BCUT2D eigenvalue weighted by Crippen LogP contribution is -2.24. The number of aromatic nitrogens is 2. The number of unbranched alkanes of at least 4 members (excludes halogenated alkanes) is 1. The van der Waals surface area contributed by atoms with Crippen molar-refractivity contribution in [3.63, 3.8) is 0 Å². The summed E-state index contributed by atoms with van der Waals surface area (Å²) in [4.78, 5) is 11.6. The Bertz CT molecular complexity index is 361. The second kappa shape index (κ2) is 7.00. The van der Waals surface area contributed by atoms with Crippen molar-refractivity contribution in [3.8, 4) is 0 Å². The number of aryl methyl sites for hydroxylation is 1. The van der Waals surface area contributed by atoms with E-state index in [-0.39, 0.29) is 5.56 Å². The van der Waals surface area contributed by atoms with Gasteiger partial charge in [0.2, 0.25) is 0 Å². The van der Waals surface area contributed by atoms with E-state index in [0.29, 0.717) is 6.54 Å². The van der Waals surface area contributed by atoms with Crippen LogP contribution in [0.1, 0.15) is 19.8 Å². The summed E-state index contributed by atoms with van der Waals surface area (Å²) < 4.78 is 1.51. The molecule has 1 heterocycles. The van der Waals surface area contributed by atoms with Crippen molar-refractivity contribution in [2.24, 2.45) is 0 Å². The lowest BCUT2D eigenvalue weighted by atomic mass is 10.3. The second-order valence-corrected chi connectivity index (χ2v) is 3.69. The molecule has 5 heteroatoms. The highest BCUT2D eigenvalue weighted by Crippen LogP contribution is 1.99. The molecule has 0 aliphatic heterocycles. The van der Waals surface area contributed by atoms with E-state index in [9.17, 15) is 4.79 Å². The molecule has 0 saturated carbocycles. The summed E-state index contributed by atoms with van der Waals surface area (Å²) in [5.41, 5.74) is 0.746. The molecule has 0 amide bonds. The largest absolute Gasteiger partial charge is 0.382 e. The zero-order valence-electron chi connectivity index (χ0n) is 9.99. The second-order valence-electron chi connectivity index (χ2n) is 3.69. The van der Waals surface area contributed by atoms with Crippen molar-refractivity contribution in [3.05, 3.63) is 22.6 Å². The number of nitrogens with zero attached hydrogens (tertiary/aromatic N) is 2. The highest BCUT2D eigenvalue weighted by atomic mass is 16.1. The van der Waals surface area contributed by atoms with Crippen LogP contribution >= 0.6 is 0 Å². The fourth-order valence-corrected chi connectivity index (χ4v) is 1.34. The lowest BCUT2D eigenvalue weighted by Gasteiger charge is -2.07. The molecule has 0 aliphatic carbocycles. The summed E-state index contributed by atoms with van der Waals surface area (Å²) >= 11 is 0. The molecule has 5 nitrogen and oxygen atoms in total. The molecule has 0 fully saturated rings. The van der Waals surface area contributed by atoms with Crippen LogP contribution < -0.4 is 16.2 Å². The number of nitrogens with one attached hydrogen (secondary N) is 2. The molecule has 1 rings (SSSR count). The van der Waals surface area contributed by atoms with E-state index < -0.39 is 0 Å². The van der Waals surface area contributed by atoms with Crippen LogP contribution in [0.25, 0.3) is 0 Å². The molecule has 0 aliphatic rings. The predicted octanol–water partition coefficient (Wildman–Crippen LogP) is 0.675. The maximum atomic E-state index is 11.6. The number of anilines is 1. The third-order valence-corrected chi connectivity index (χ3v) is 2.30. The highest BCUT2D eigenvalue weighted by Gasteiger charge is 1.98. The van der Waals surface area contributed by atoms with Gasteiger partial charge in [0, 0.05) is 25.7 Å². The van der Waals surface area contributed by atoms with Crippen LogP contribution in [-0.4, -0.2) is 29.9 Å². The number of rotatable bonds is 7. The van der Waals surface area contributed by atoms with Gasteiger partial charge < -0.3 is 10.6 Å². The van der Waals surface area contributed by atoms with Gasteiger partial charge in [0.1, 0.15) is 0 Å². The van der Waals surface area contributed by atoms with Crippen LogP contribution in [0.2, 0.25) is 0 Å². The topological polar surface area (TPSA) is 59.0 Å². The normalized spacial score (nSPS) is 10.4. The zero-order valence-corrected chi connectivity index (χ0v) is 9.99. The Labute approximate surface area is 95.9 Å². The summed E-state index contributed by atoms with van der Waals surface area (Å²) in [6.45, 7) is 4.44. The Kier molecular flexibility index (Phi) is 5.56. The molecule has 0 spiro atoms. The van der Waals surface area contributed by atoms with E-state index in [2.05, 4.69) is 22.7 Å². The third kappa shape index (κ3) is 4.02. The van der Waals surface area contributed by atoms with Crippen LogP contribution in [0.4, 0.5) is 5.69 Å². The number of hydrogen-bond acceptors (Lipinski definition) is 4. The van der Waals surface area contributed by atoms with Crippen molar-refractivity contribution in [1.29, 1.82) is 0 Å². The van der Waals surface area contributed by atoms with Crippen molar-refractivity contribution in [2.45, 2.75) is 26.3 Å². The van der Waals surface area contributed by atoms with Crippen LogP contribution in [0, 0.1) is 0 Å².